The summed E-state index contributed by atoms with van der Waals surface area (Å²) in [4.78, 5) is 0. The number of rotatable bonds is 4. The van der Waals surface area contributed by atoms with Gasteiger partial charge >= 0.3 is 0 Å². The molecule has 1 heterocycles. The zero-order chi connectivity index (χ0) is 12.3. The lowest BCUT2D eigenvalue weighted by molar-refractivity contribution is 0.724. The lowest BCUT2D eigenvalue weighted by atomic mass is 10.0. The highest BCUT2D eigenvalue weighted by atomic mass is 15.3. The molecule has 1 aromatic heterocycles. The van der Waals surface area contributed by atoms with Crippen molar-refractivity contribution in [2.45, 2.75) is 26.2 Å². The molecule has 17 heavy (non-hydrogen) atoms. The van der Waals surface area contributed by atoms with E-state index in [9.17, 15) is 0 Å². The third-order valence-corrected chi connectivity index (χ3v) is 2.85. The van der Waals surface area contributed by atoms with Crippen molar-refractivity contribution in [1.29, 1.82) is 0 Å². The minimum Gasteiger partial charge on any atom is -0.330 e. The summed E-state index contributed by atoms with van der Waals surface area (Å²) in [6.45, 7) is 5.05. The minimum atomic E-state index is 0.444. The largest absolute Gasteiger partial charge is 0.330 e. The van der Waals surface area contributed by atoms with Crippen molar-refractivity contribution in [2.24, 2.45) is 5.73 Å². The van der Waals surface area contributed by atoms with E-state index in [0.29, 0.717) is 12.5 Å². The number of para-hydroxylation sites is 1. The molecule has 3 nitrogen and oxygen atoms in total. The van der Waals surface area contributed by atoms with Gasteiger partial charge in [-0.1, -0.05) is 32.0 Å². The summed E-state index contributed by atoms with van der Waals surface area (Å²) in [7, 11) is 0. The first-order chi connectivity index (χ1) is 8.24. The predicted octanol–water partition coefficient (Wildman–Crippen LogP) is 2.50. The molecule has 0 atom stereocenters. The van der Waals surface area contributed by atoms with Crippen LogP contribution in [-0.2, 0) is 6.42 Å². The van der Waals surface area contributed by atoms with Gasteiger partial charge in [-0.25, -0.2) is 4.68 Å². The van der Waals surface area contributed by atoms with Crippen LogP contribution in [0.1, 0.15) is 31.0 Å². The van der Waals surface area contributed by atoms with Gasteiger partial charge in [0.15, 0.2) is 0 Å². The topological polar surface area (TPSA) is 43.8 Å². The van der Waals surface area contributed by atoms with Gasteiger partial charge in [-0.3, -0.25) is 0 Å². The highest BCUT2D eigenvalue weighted by molar-refractivity contribution is 5.36. The third kappa shape index (κ3) is 2.39. The van der Waals surface area contributed by atoms with E-state index >= 15 is 0 Å². The van der Waals surface area contributed by atoms with Crippen LogP contribution in [0, 0.1) is 0 Å². The minimum absolute atomic E-state index is 0.444. The Bertz CT molecular complexity index is 471. The Hall–Kier alpha value is -1.61. The number of nitrogens with zero attached hydrogens (tertiary/aromatic N) is 2. The molecule has 0 fully saturated rings. The maximum absolute atomic E-state index is 5.64. The van der Waals surface area contributed by atoms with E-state index in [1.165, 1.54) is 11.3 Å². The van der Waals surface area contributed by atoms with Gasteiger partial charge in [-0.05, 0) is 36.6 Å². The summed E-state index contributed by atoms with van der Waals surface area (Å²) < 4.78 is 2.02. The normalized spacial score (nSPS) is 11.1. The number of nitrogens with two attached hydrogens (primary N) is 1. The second-order valence-electron chi connectivity index (χ2n) is 4.50. The van der Waals surface area contributed by atoms with Gasteiger partial charge in [0.25, 0.3) is 0 Å². The summed E-state index contributed by atoms with van der Waals surface area (Å²) >= 11 is 0. The second kappa shape index (κ2) is 5.15. The van der Waals surface area contributed by atoms with E-state index in [4.69, 9.17) is 5.73 Å². The maximum Gasteiger partial charge on any atom is 0.0649 e. The molecular formula is C14H19N3. The standard InChI is InChI=1S/C14H19N3/c1-11(2)14-12(8-9-15)10-16-17(14)13-6-4-3-5-7-13/h3-7,10-11H,8-9,15H2,1-2H3. The van der Waals surface area contributed by atoms with Crippen LogP contribution < -0.4 is 5.73 Å². The second-order valence-corrected chi connectivity index (χ2v) is 4.50. The zero-order valence-corrected chi connectivity index (χ0v) is 10.4. The Morgan fingerprint density at radius 2 is 1.94 bits per heavy atom. The van der Waals surface area contributed by atoms with Crippen molar-refractivity contribution in [1.82, 2.24) is 9.78 Å². The number of hydrogen-bond acceptors (Lipinski definition) is 2. The zero-order valence-electron chi connectivity index (χ0n) is 10.4. The van der Waals surface area contributed by atoms with Crippen LogP contribution in [0.3, 0.4) is 0 Å². The molecule has 0 radical (unpaired) electrons. The van der Waals surface area contributed by atoms with Gasteiger partial charge in [-0.2, -0.15) is 5.10 Å². The van der Waals surface area contributed by atoms with E-state index in [2.05, 4.69) is 31.1 Å². The maximum atomic E-state index is 5.64. The quantitative estimate of drug-likeness (QED) is 0.875. The molecule has 0 aliphatic heterocycles. The molecule has 90 valence electrons. The van der Waals surface area contributed by atoms with Crippen LogP contribution in [0.2, 0.25) is 0 Å². The first-order valence-electron chi connectivity index (χ1n) is 6.06. The fourth-order valence-electron chi connectivity index (χ4n) is 2.13. The molecule has 0 unspecified atom stereocenters. The predicted molar refractivity (Wildman–Crippen MR) is 70.4 cm³/mol. The molecule has 2 rings (SSSR count). The Morgan fingerprint density at radius 1 is 1.24 bits per heavy atom. The first kappa shape index (κ1) is 11.9. The van der Waals surface area contributed by atoms with E-state index in [0.717, 1.165) is 12.1 Å². The molecule has 2 aromatic rings. The molecule has 0 saturated heterocycles. The Morgan fingerprint density at radius 3 is 2.53 bits per heavy atom. The smallest absolute Gasteiger partial charge is 0.0649 e. The van der Waals surface area contributed by atoms with Gasteiger partial charge in [0.1, 0.15) is 0 Å². The van der Waals surface area contributed by atoms with Crippen LogP contribution in [0.4, 0.5) is 0 Å². The fourth-order valence-corrected chi connectivity index (χ4v) is 2.13. The number of aromatic nitrogens is 2. The lowest BCUT2D eigenvalue weighted by Crippen LogP contribution is -2.08. The summed E-state index contributed by atoms with van der Waals surface area (Å²) in [5.41, 5.74) is 9.27. The lowest BCUT2D eigenvalue weighted by Gasteiger charge is -2.12. The van der Waals surface area contributed by atoms with Crippen molar-refractivity contribution in [3.63, 3.8) is 0 Å². The highest BCUT2D eigenvalue weighted by Gasteiger charge is 2.14. The number of benzene rings is 1. The Balaban J connectivity index is 2.48. The van der Waals surface area contributed by atoms with Crippen LogP contribution in [0.15, 0.2) is 36.5 Å². The highest BCUT2D eigenvalue weighted by Crippen LogP contribution is 2.22. The summed E-state index contributed by atoms with van der Waals surface area (Å²) in [5, 5.41) is 4.49. The van der Waals surface area contributed by atoms with Crippen molar-refractivity contribution in [2.75, 3.05) is 6.54 Å². The van der Waals surface area contributed by atoms with Gasteiger partial charge in [0.05, 0.1) is 17.6 Å². The molecule has 0 aliphatic rings. The molecule has 0 aliphatic carbocycles. The molecular weight excluding hydrogens is 210 g/mol. The van der Waals surface area contributed by atoms with E-state index in [1.807, 2.05) is 29.1 Å². The van der Waals surface area contributed by atoms with Gasteiger partial charge in [-0.15, -0.1) is 0 Å². The Labute approximate surface area is 102 Å². The first-order valence-corrected chi connectivity index (χ1v) is 6.06. The summed E-state index contributed by atoms with van der Waals surface area (Å²) in [6.07, 6.45) is 2.83. The Kier molecular flexibility index (Phi) is 3.59. The average Bonchev–Trinajstić information content (AvgIpc) is 2.74. The average molecular weight is 229 g/mol. The van der Waals surface area contributed by atoms with E-state index in [1.54, 1.807) is 0 Å². The van der Waals surface area contributed by atoms with Crippen LogP contribution in [-0.4, -0.2) is 16.3 Å². The monoisotopic (exact) mass is 229 g/mol. The van der Waals surface area contributed by atoms with Crippen molar-refractivity contribution in [3.05, 3.63) is 47.8 Å². The van der Waals surface area contributed by atoms with Crippen molar-refractivity contribution in [3.8, 4) is 5.69 Å². The fraction of sp³-hybridized carbons (Fsp3) is 0.357. The molecule has 0 saturated carbocycles. The third-order valence-electron chi connectivity index (χ3n) is 2.85. The van der Waals surface area contributed by atoms with Gasteiger partial charge in [0.2, 0.25) is 0 Å². The molecule has 2 N–H and O–H groups in total. The van der Waals surface area contributed by atoms with Gasteiger partial charge < -0.3 is 5.73 Å². The van der Waals surface area contributed by atoms with Crippen LogP contribution in [0.5, 0.6) is 0 Å². The molecule has 0 bridgehead atoms. The molecule has 0 amide bonds. The SMILES string of the molecule is CC(C)c1c(CCN)cnn1-c1ccccc1. The summed E-state index contributed by atoms with van der Waals surface area (Å²) in [6, 6.07) is 10.2. The molecule has 0 spiro atoms. The van der Waals surface area contributed by atoms with E-state index < -0.39 is 0 Å². The van der Waals surface area contributed by atoms with Crippen LogP contribution >= 0.6 is 0 Å². The van der Waals surface area contributed by atoms with Crippen molar-refractivity contribution >= 4 is 0 Å². The summed E-state index contributed by atoms with van der Waals surface area (Å²) in [5.74, 6) is 0.444. The van der Waals surface area contributed by atoms with Crippen molar-refractivity contribution < 1.29 is 0 Å². The van der Waals surface area contributed by atoms with E-state index in [-0.39, 0.29) is 0 Å². The van der Waals surface area contributed by atoms with Crippen LogP contribution in [0.25, 0.3) is 5.69 Å². The number of hydrogen-bond donors (Lipinski definition) is 1. The molecule has 1 aromatic carbocycles. The van der Waals surface area contributed by atoms with Gasteiger partial charge in [0, 0.05) is 0 Å². The molecule has 3 heteroatoms.